The Balaban J connectivity index is 3.46. The molecule has 0 amide bonds. The summed E-state index contributed by atoms with van der Waals surface area (Å²) in [6.45, 7) is 9.95. The zero-order chi connectivity index (χ0) is 12.5. The van der Waals surface area contributed by atoms with E-state index in [1.165, 1.54) is 0 Å². The number of nitrogen functional groups attached to an aromatic ring is 1. The van der Waals surface area contributed by atoms with Crippen molar-refractivity contribution in [2.24, 2.45) is 0 Å². The smallest absolute Gasteiger partial charge is 0.162 e. The molecule has 0 fully saturated rings. The van der Waals surface area contributed by atoms with Gasteiger partial charge in [-0.25, -0.2) is 9.97 Å². The maximum atomic E-state index is 9.09. The molecule has 4 nitrogen and oxygen atoms in total. The summed E-state index contributed by atoms with van der Waals surface area (Å²) in [4.78, 5) is 8.64. The predicted molar refractivity (Wildman–Crippen MR) is 63.9 cm³/mol. The number of rotatable bonds is 1. The van der Waals surface area contributed by atoms with Gasteiger partial charge in [0.25, 0.3) is 0 Å². The van der Waals surface area contributed by atoms with Gasteiger partial charge < -0.3 is 5.73 Å². The highest BCUT2D eigenvalue weighted by Gasteiger charge is 2.23. The van der Waals surface area contributed by atoms with Gasteiger partial charge in [0, 0.05) is 5.41 Å². The minimum Gasteiger partial charge on any atom is -0.382 e. The molecule has 1 aromatic heterocycles. The van der Waals surface area contributed by atoms with Crippen molar-refractivity contribution in [3.05, 3.63) is 17.1 Å². The number of nitrogens with zero attached hydrogens (tertiary/aromatic N) is 3. The molecule has 0 saturated carbocycles. The Morgan fingerprint density at radius 2 is 1.81 bits per heavy atom. The summed E-state index contributed by atoms with van der Waals surface area (Å²) >= 11 is 0. The molecule has 0 aliphatic rings. The van der Waals surface area contributed by atoms with E-state index in [4.69, 9.17) is 11.0 Å². The molecule has 0 bridgehead atoms. The standard InChI is InChI=1S/C12H18N4/c1-7(2)9-11(14)16-10(12(3,4)5)8(6-13)15-9/h7H,1-5H3,(H2,14,16). The summed E-state index contributed by atoms with van der Waals surface area (Å²) in [5, 5.41) is 9.09. The number of nitrogens with two attached hydrogens (primary N) is 1. The van der Waals surface area contributed by atoms with Crippen LogP contribution in [0.2, 0.25) is 0 Å². The summed E-state index contributed by atoms with van der Waals surface area (Å²) in [6, 6.07) is 2.10. The van der Waals surface area contributed by atoms with Crippen LogP contribution in [-0.2, 0) is 5.41 Å². The normalized spacial score (nSPS) is 11.6. The predicted octanol–water partition coefficient (Wildman–Crippen LogP) is 2.35. The molecule has 2 N–H and O–H groups in total. The van der Waals surface area contributed by atoms with Crippen molar-refractivity contribution >= 4 is 5.82 Å². The maximum absolute atomic E-state index is 9.09. The molecule has 0 aromatic carbocycles. The molecule has 16 heavy (non-hydrogen) atoms. The number of hydrogen-bond donors (Lipinski definition) is 1. The summed E-state index contributed by atoms with van der Waals surface area (Å²) < 4.78 is 0. The molecule has 0 saturated heterocycles. The quantitative estimate of drug-likeness (QED) is 0.785. The van der Waals surface area contributed by atoms with Crippen LogP contribution in [0.1, 0.15) is 57.6 Å². The first kappa shape index (κ1) is 12.4. The van der Waals surface area contributed by atoms with Gasteiger partial charge in [-0.05, 0) is 5.92 Å². The van der Waals surface area contributed by atoms with Gasteiger partial charge in [0.1, 0.15) is 11.9 Å². The largest absolute Gasteiger partial charge is 0.382 e. The van der Waals surface area contributed by atoms with E-state index in [2.05, 4.69) is 16.0 Å². The maximum Gasteiger partial charge on any atom is 0.162 e. The van der Waals surface area contributed by atoms with Crippen molar-refractivity contribution in [2.45, 2.75) is 46.0 Å². The molecule has 4 heteroatoms. The van der Waals surface area contributed by atoms with Crippen LogP contribution in [0, 0.1) is 11.3 Å². The molecule has 0 aliphatic heterocycles. The SMILES string of the molecule is CC(C)c1nc(C#N)c(C(C)(C)C)nc1N. The summed E-state index contributed by atoms with van der Waals surface area (Å²) in [5.74, 6) is 0.604. The van der Waals surface area contributed by atoms with Crippen LogP contribution in [-0.4, -0.2) is 9.97 Å². The van der Waals surface area contributed by atoms with Crippen LogP contribution in [0.4, 0.5) is 5.82 Å². The second-order valence-corrected chi connectivity index (χ2v) is 5.21. The Labute approximate surface area is 96.5 Å². The lowest BCUT2D eigenvalue weighted by atomic mass is 9.90. The lowest BCUT2D eigenvalue weighted by Crippen LogP contribution is -2.19. The number of aromatic nitrogens is 2. The third-order valence-corrected chi connectivity index (χ3v) is 2.31. The lowest BCUT2D eigenvalue weighted by Gasteiger charge is -2.20. The topological polar surface area (TPSA) is 75.6 Å². The third kappa shape index (κ3) is 2.30. The molecule has 1 heterocycles. The lowest BCUT2D eigenvalue weighted by molar-refractivity contribution is 0.561. The molecule has 0 unspecified atom stereocenters. The van der Waals surface area contributed by atoms with Crippen LogP contribution in [0.15, 0.2) is 0 Å². The molecular weight excluding hydrogens is 200 g/mol. The highest BCUT2D eigenvalue weighted by atomic mass is 14.9. The Morgan fingerprint density at radius 3 is 2.19 bits per heavy atom. The van der Waals surface area contributed by atoms with Gasteiger partial charge in [-0.1, -0.05) is 34.6 Å². The van der Waals surface area contributed by atoms with Crippen LogP contribution < -0.4 is 5.73 Å². The third-order valence-electron chi connectivity index (χ3n) is 2.31. The molecule has 1 aromatic rings. The Bertz CT molecular complexity index is 436. The van der Waals surface area contributed by atoms with Crippen molar-refractivity contribution < 1.29 is 0 Å². The van der Waals surface area contributed by atoms with E-state index in [1.807, 2.05) is 34.6 Å². The Hall–Kier alpha value is -1.63. The second-order valence-electron chi connectivity index (χ2n) is 5.21. The van der Waals surface area contributed by atoms with Crippen LogP contribution in [0.25, 0.3) is 0 Å². The van der Waals surface area contributed by atoms with Gasteiger partial charge in [-0.3, -0.25) is 0 Å². The molecule has 0 radical (unpaired) electrons. The molecule has 0 spiro atoms. The van der Waals surface area contributed by atoms with Crippen molar-refractivity contribution in [1.82, 2.24) is 9.97 Å². The molecule has 86 valence electrons. The minimum absolute atomic E-state index is 0.175. The van der Waals surface area contributed by atoms with Crippen molar-refractivity contribution in [3.8, 4) is 6.07 Å². The summed E-state index contributed by atoms with van der Waals surface area (Å²) in [7, 11) is 0. The molecule has 1 rings (SSSR count). The fourth-order valence-electron chi connectivity index (χ4n) is 1.49. The van der Waals surface area contributed by atoms with Crippen LogP contribution >= 0.6 is 0 Å². The highest BCUT2D eigenvalue weighted by molar-refractivity contribution is 5.43. The van der Waals surface area contributed by atoms with Crippen molar-refractivity contribution in [3.63, 3.8) is 0 Å². The Morgan fingerprint density at radius 1 is 1.25 bits per heavy atom. The van der Waals surface area contributed by atoms with Gasteiger partial charge in [-0.15, -0.1) is 0 Å². The van der Waals surface area contributed by atoms with E-state index < -0.39 is 0 Å². The fraction of sp³-hybridized carbons (Fsp3) is 0.583. The number of hydrogen-bond acceptors (Lipinski definition) is 4. The minimum atomic E-state index is -0.221. The van der Waals surface area contributed by atoms with E-state index in [0.717, 1.165) is 0 Å². The summed E-state index contributed by atoms with van der Waals surface area (Å²) in [5.41, 5.74) is 7.38. The second kappa shape index (κ2) is 4.09. The van der Waals surface area contributed by atoms with Gasteiger partial charge >= 0.3 is 0 Å². The zero-order valence-corrected chi connectivity index (χ0v) is 10.5. The average molecular weight is 218 g/mol. The number of anilines is 1. The zero-order valence-electron chi connectivity index (χ0n) is 10.5. The summed E-state index contributed by atoms with van der Waals surface area (Å²) in [6.07, 6.45) is 0. The van der Waals surface area contributed by atoms with E-state index in [1.54, 1.807) is 0 Å². The Kier molecular flexibility index (Phi) is 3.18. The fourth-order valence-corrected chi connectivity index (χ4v) is 1.49. The van der Waals surface area contributed by atoms with Gasteiger partial charge in [0.2, 0.25) is 0 Å². The molecule has 0 aliphatic carbocycles. The highest BCUT2D eigenvalue weighted by Crippen LogP contribution is 2.26. The van der Waals surface area contributed by atoms with Crippen LogP contribution in [0.5, 0.6) is 0 Å². The van der Waals surface area contributed by atoms with Gasteiger partial charge in [0.05, 0.1) is 11.4 Å². The van der Waals surface area contributed by atoms with E-state index >= 15 is 0 Å². The van der Waals surface area contributed by atoms with Gasteiger partial charge in [-0.2, -0.15) is 5.26 Å². The van der Waals surface area contributed by atoms with Crippen LogP contribution in [0.3, 0.4) is 0 Å². The van der Waals surface area contributed by atoms with E-state index in [9.17, 15) is 0 Å². The van der Waals surface area contributed by atoms with E-state index in [0.29, 0.717) is 22.9 Å². The monoisotopic (exact) mass is 218 g/mol. The number of nitriles is 1. The van der Waals surface area contributed by atoms with Gasteiger partial charge in [0.15, 0.2) is 5.69 Å². The first-order valence-electron chi connectivity index (χ1n) is 5.35. The first-order chi connectivity index (χ1) is 7.27. The van der Waals surface area contributed by atoms with Crippen molar-refractivity contribution in [2.75, 3.05) is 5.73 Å². The molecular formula is C12H18N4. The van der Waals surface area contributed by atoms with Crippen molar-refractivity contribution in [1.29, 1.82) is 5.26 Å². The first-order valence-corrected chi connectivity index (χ1v) is 5.35. The molecule has 0 atom stereocenters. The van der Waals surface area contributed by atoms with E-state index in [-0.39, 0.29) is 11.3 Å². The average Bonchev–Trinajstić information content (AvgIpc) is 2.15.